The quantitative estimate of drug-likeness (QED) is 0.593. The first-order valence-corrected chi connectivity index (χ1v) is 7.57. The SMILES string of the molecule is COC(=O)NC(=Nc1ccc2c(c1)CC(C)N2C(C)=O)NC(=O)OC. The first-order chi connectivity index (χ1) is 11.8. The third-order valence-electron chi connectivity index (χ3n) is 3.67. The van der Waals surface area contributed by atoms with Crippen molar-refractivity contribution in [3.8, 4) is 0 Å². The Kier molecular flexibility index (Phi) is 5.58. The van der Waals surface area contributed by atoms with Gasteiger partial charge in [-0.1, -0.05) is 0 Å². The number of carbonyl (C=O) groups excluding carboxylic acids is 3. The van der Waals surface area contributed by atoms with Gasteiger partial charge in [0.2, 0.25) is 11.9 Å². The summed E-state index contributed by atoms with van der Waals surface area (Å²) < 4.78 is 8.99. The molecule has 0 saturated carbocycles. The van der Waals surface area contributed by atoms with E-state index in [1.54, 1.807) is 23.1 Å². The minimum absolute atomic E-state index is 0.0251. The van der Waals surface area contributed by atoms with Gasteiger partial charge in [-0.15, -0.1) is 0 Å². The summed E-state index contributed by atoms with van der Waals surface area (Å²) in [7, 11) is 2.39. The van der Waals surface area contributed by atoms with Crippen molar-refractivity contribution < 1.29 is 23.9 Å². The zero-order chi connectivity index (χ0) is 18.6. The first kappa shape index (κ1) is 18.2. The van der Waals surface area contributed by atoms with E-state index < -0.39 is 12.2 Å². The maximum atomic E-state index is 11.8. The number of benzene rings is 1. The Balaban J connectivity index is 2.31. The van der Waals surface area contributed by atoms with Gasteiger partial charge in [0.05, 0.1) is 19.9 Å². The number of ether oxygens (including phenoxy) is 2. The fraction of sp³-hybridized carbons (Fsp3) is 0.375. The average Bonchev–Trinajstić information content (AvgIpc) is 2.89. The van der Waals surface area contributed by atoms with Gasteiger partial charge in [-0.05, 0) is 37.1 Å². The highest BCUT2D eigenvalue weighted by Gasteiger charge is 2.28. The number of rotatable bonds is 1. The van der Waals surface area contributed by atoms with E-state index >= 15 is 0 Å². The molecule has 1 aromatic rings. The predicted octanol–water partition coefficient (Wildman–Crippen LogP) is 1.68. The van der Waals surface area contributed by atoms with Crippen LogP contribution >= 0.6 is 0 Å². The minimum Gasteiger partial charge on any atom is -0.453 e. The minimum atomic E-state index is -0.785. The van der Waals surface area contributed by atoms with Crippen LogP contribution in [0.4, 0.5) is 21.0 Å². The summed E-state index contributed by atoms with van der Waals surface area (Å²) in [5.74, 6) is -0.156. The van der Waals surface area contributed by atoms with E-state index in [0.717, 1.165) is 11.3 Å². The second kappa shape index (κ2) is 7.65. The van der Waals surface area contributed by atoms with Crippen LogP contribution in [0.5, 0.6) is 0 Å². The molecule has 1 aromatic carbocycles. The number of methoxy groups -OCH3 is 2. The summed E-state index contributed by atoms with van der Waals surface area (Å²) in [6, 6.07) is 5.33. The van der Waals surface area contributed by atoms with Crippen molar-refractivity contribution in [2.75, 3.05) is 19.1 Å². The van der Waals surface area contributed by atoms with Crippen LogP contribution in [0.25, 0.3) is 0 Å². The molecule has 9 heteroatoms. The number of nitrogens with one attached hydrogen (secondary N) is 2. The molecule has 3 amide bonds. The monoisotopic (exact) mass is 348 g/mol. The second-order valence-electron chi connectivity index (χ2n) is 5.45. The Morgan fingerprint density at radius 2 is 1.76 bits per heavy atom. The molecule has 2 rings (SSSR count). The predicted molar refractivity (Wildman–Crippen MR) is 90.9 cm³/mol. The average molecular weight is 348 g/mol. The second-order valence-corrected chi connectivity index (χ2v) is 5.45. The van der Waals surface area contributed by atoms with Crippen LogP contribution in [-0.4, -0.2) is 44.3 Å². The molecular weight excluding hydrogens is 328 g/mol. The zero-order valence-corrected chi connectivity index (χ0v) is 14.5. The summed E-state index contributed by atoms with van der Waals surface area (Å²) in [6.45, 7) is 3.49. The molecule has 1 unspecified atom stereocenters. The maximum Gasteiger partial charge on any atom is 0.413 e. The lowest BCUT2D eigenvalue weighted by Crippen LogP contribution is -2.43. The lowest BCUT2D eigenvalue weighted by Gasteiger charge is -2.20. The highest BCUT2D eigenvalue weighted by molar-refractivity contribution is 6.02. The Morgan fingerprint density at radius 3 is 2.28 bits per heavy atom. The number of nitrogens with zero attached hydrogens (tertiary/aromatic N) is 2. The van der Waals surface area contributed by atoms with E-state index in [1.807, 2.05) is 6.92 Å². The van der Waals surface area contributed by atoms with Crippen LogP contribution in [0.1, 0.15) is 19.4 Å². The molecule has 134 valence electrons. The molecule has 2 N–H and O–H groups in total. The highest BCUT2D eigenvalue weighted by Crippen LogP contribution is 2.34. The summed E-state index contributed by atoms with van der Waals surface area (Å²) >= 11 is 0. The van der Waals surface area contributed by atoms with Gasteiger partial charge < -0.3 is 14.4 Å². The third kappa shape index (κ3) is 4.25. The van der Waals surface area contributed by atoms with Gasteiger partial charge in [-0.3, -0.25) is 15.4 Å². The molecule has 9 nitrogen and oxygen atoms in total. The van der Waals surface area contributed by atoms with E-state index in [4.69, 9.17) is 0 Å². The largest absolute Gasteiger partial charge is 0.453 e. The summed E-state index contributed by atoms with van der Waals surface area (Å²) in [4.78, 5) is 40.4. The van der Waals surface area contributed by atoms with E-state index in [2.05, 4.69) is 25.1 Å². The van der Waals surface area contributed by atoms with Crippen molar-refractivity contribution in [1.82, 2.24) is 10.6 Å². The Hall–Kier alpha value is -3.10. The lowest BCUT2D eigenvalue weighted by atomic mass is 10.1. The number of anilines is 1. The first-order valence-electron chi connectivity index (χ1n) is 7.57. The van der Waals surface area contributed by atoms with Crippen LogP contribution in [0.3, 0.4) is 0 Å². The molecule has 0 fully saturated rings. The number of amides is 3. The Bertz CT molecular complexity index is 711. The highest BCUT2D eigenvalue weighted by atomic mass is 16.5. The molecule has 0 aliphatic carbocycles. The Morgan fingerprint density at radius 1 is 1.16 bits per heavy atom. The lowest BCUT2D eigenvalue weighted by molar-refractivity contribution is -0.116. The van der Waals surface area contributed by atoms with Gasteiger partial charge in [0.15, 0.2) is 0 Å². The fourth-order valence-corrected chi connectivity index (χ4v) is 2.68. The molecule has 0 bridgehead atoms. The van der Waals surface area contributed by atoms with Gasteiger partial charge in [0.1, 0.15) is 0 Å². The number of alkyl carbamates (subject to hydrolysis) is 2. The van der Waals surface area contributed by atoms with Gasteiger partial charge in [-0.25, -0.2) is 14.6 Å². The van der Waals surface area contributed by atoms with Gasteiger partial charge in [0, 0.05) is 18.7 Å². The van der Waals surface area contributed by atoms with Crippen molar-refractivity contribution in [3.63, 3.8) is 0 Å². The van der Waals surface area contributed by atoms with Crippen LogP contribution in [-0.2, 0) is 20.7 Å². The maximum absolute atomic E-state index is 11.8. The van der Waals surface area contributed by atoms with Crippen LogP contribution in [0, 0.1) is 0 Å². The zero-order valence-electron chi connectivity index (χ0n) is 14.5. The topological polar surface area (TPSA) is 109 Å². The number of carbonyl (C=O) groups is 3. The third-order valence-corrected chi connectivity index (χ3v) is 3.67. The van der Waals surface area contributed by atoms with Gasteiger partial charge in [0.25, 0.3) is 0 Å². The van der Waals surface area contributed by atoms with Crippen molar-refractivity contribution in [3.05, 3.63) is 23.8 Å². The molecule has 25 heavy (non-hydrogen) atoms. The summed E-state index contributed by atoms with van der Waals surface area (Å²) in [5.41, 5.74) is 2.29. The molecule has 0 aromatic heterocycles. The summed E-state index contributed by atoms with van der Waals surface area (Å²) in [6.07, 6.45) is -0.872. The number of hydrogen-bond acceptors (Lipinski definition) is 6. The fourth-order valence-electron chi connectivity index (χ4n) is 2.68. The van der Waals surface area contributed by atoms with Crippen molar-refractivity contribution in [2.24, 2.45) is 4.99 Å². The number of fused-ring (bicyclic) bond motifs is 1. The molecule has 1 heterocycles. The number of aliphatic imine (C=N–C) groups is 1. The molecule has 1 atom stereocenters. The normalized spacial score (nSPS) is 15.0. The summed E-state index contributed by atoms with van der Waals surface area (Å²) in [5, 5.41) is 4.59. The van der Waals surface area contributed by atoms with E-state index in [0.29, 0.717) is 12.1 Å². The molecule has 0 spiro atoms. The van der Waals surface area contributed by atoms with Crippen molar-refractivity contribution >= 4 is 35.4 Å². The molecule has 0 saturated heterocycles. The van der Waals surface area contributed by atoms with Crippen LogP contribution in [0.15, 0.2) is 23.2 Å². The smallest absolute Gasteiger partial charge is 0.413 e. The van der Waals surface area contributed by atoms with Crippen molar-refractivity contribution in [1.29, 1.82) is 0 Å². The van der Waals surface area contributed by atoms with Gasteiger partial charge >= 0.3 is 12.2 Å². The number of guanidine groups is 1. The van der Waals surface area contributed by atoms with E-state index in [1.165, 1.54) is 21.1 Å². The molecule has 1 aliphatic rings. The van der Waals surface area contributed by atoms with Gasteiger partial charge in [-0.2, -0.15) is 0 Å². The van der Waals surface area contributed by atoms with Crippen LogP contribution < -0.4 is 15.5 Å². The molecular formula is C16H20N4O5. The Labute approximate surface area is 145 Å². The van der Waals surface area contributed by atoms with E-state index in [-0.39, 0.29) is 17.9 Å². The van der Waals surface area contributed by atoms with Crippen LogP contribution in [0.2, 0.25) is 0 Å². The molecule has 1 aliphatic heterocycles. The number of hydrogen-bond donors (Lipinski definition) is 2. The van der Waals surface area contributed by atoms with Crippen molar-refractivity contribution in [2.45, 2.75) is 26.3 Å². The van der Waals surface area contributed by atoms with E-state index in [9.17, 15) is 14.4 Å². The standard InChI is InChI=1S/C16H20N4O5/c1-9-7-11-8-12(5-6-13(11)20(9)10(2)21)17-14(18-15(22)24-3)19-16(23)25-4/h5-6,8-9H,7H2,1-4H3,(H2,17,18,19,22,23). The molecule has 0 radical (unpaired) electrons.